The Bertz CT molecular complexity index is 584. The third-order valence-electron chi connectivity index (χ3n) is 4.04. The summed E-state index contributed by atoms with van der Waals surface area (Å²) in [4.78, 5) is 4.80. The van der Waals surface area contributed by atoms with Gasteiger partial charge in [-0.05, 0) is 31.4 Å². The third-order valence-corrected chi connectivity index (χ3v) is 4.04. The molecule has 0 amide bonds. The lowest BCUT2D eigenvalue weighted by atomic mass is 9.90. The highest BCUT2D eigenvalue weighted by Gasteiger charge is 2.30. The Balaban J connectivity index is 1.95. The maximum atomic E-state index is 6.50. The first-order valence-corrected chi connectivity index (χ1v) is 7.53. The lowest BCUT2D eigenvalue weighted by Gasteiger charge is -2.33. The second-order valence-corrected chi connectivity index (χ2v) is 5.86. The summed E-state index contributed by atoms with van der Waals surface area (Å²) in [6, 6.07) is 8.33. The molecule has 2 heterocycles. The molecule has 1 unspecified atom stereocenters. The number of rotatable bonds is 4. The van der Waals surface area contributed by atoms with Crippen molar-refractivity contribution in [1.29, 1.82) is 0 Å². The van der Waals surface area contributed by atoms with Crippen molar-refractivity contribution in [2.24, 2.45) is 5.73 Å². The summed E-state index contributed by atoms with van der Waals surface area (Å²) in [5.41, 5.74) is 8.52. The van der Waals surface area contributed by atoms with Gasteiger partial charge in [-0.3, -0.25) is 0 Å². The summed E-state index contributed by atoms with van der Waals surface area (Å²) >= 11 is 0. The molecule has 2 aromatic rings. The van der Waals surface area contributed by atoms with Crippen molar-refractivity contribution in [1.82, 2.24) is 9.55 Å². The average Bonchev–Trinajstić information content (AvgIpc) is 2.77. The van der Waals surface area contributed by atoms with Gasteiger partial charge in [0.05, 0.1) is 17.6 Å². The van der Waals surface area contributed by atoms with Crippen LogP contribution in [0.3, 0.4) is 0 Å². The topological polar surface area (TPSA) is 53.1 Å². The smallest absolute Gasteiger partial charge is 0.111 e. The highest BCUT2D eigenvalue weighted by molar-refractivity contribution is 5.75. The summed E-state index contributed by atoms with van der Waals surface area (Å²) in [5, 5.41) is 0. The maximum absolute atomic E-state index is 6.50. The molecule has 1 aliphatic heterocycles. The fraction of sp³-hybridized carbons (Fsp3) is 0.562. The number of aryl methyl sites for hydroxylation is 1. The summed E-state index contributed by atoms with van der Waals surface area (Å²) in [6.07, 6.45) is 3.95. The summed E-state index contributed by atoms with van der Waals surface area (Å²) in [6.45, 7) is 4.67. The van der Waals surface area contributed by atoms with Gasteiger partial charge in [-0.2, -0.15) is 0 Å². The van der Waals surface area contributed by atoms with E-state index in [1.807, 2.05) is 6.07 Å². The average molecular weight is 273 g/mol. The number of hydrogen-bond acceptors (Lipinski definition) is 3. The van der Waals surface area contributed by atoms with Gasteiger partial charge < -0.3 is 15.0 Å². The van der Waals surface area contributed by atoms with E-state index in [4.69, 9.17) is 15.5 Å². The molecule has 1 atom stereocenters. The van der Waals surface area contributed by atoms with E-state index in [-0.39, 0.29) is 5.54 Å². The number of hydrogen-bond donors (Lipinski definition) is 1. The molecule has 3 rings (SSSR count). The second kappa shape index (κ2) is 5.54. The van der Waals surface area contributed by atoms with Gasteiger partial charge in [-0.1, -0.05) is 19.1 Å². The van der Waals surface area contributed by atoms with Gasteiger partial charge >= 0.3 is 0 Å². The minimum atomic E-state index is -0.259. The Morgan fingerprint density at radius 2 is 2.25 bits per heavy atom. The molecule has 0 spiro atoms. The zero-order chi connectivity index (χ0) is 14.0. The van der Waals surface area contributed by atoms with Gasteiger partial charge in [0.1, 0.15) is 5.82 Å². The molecule has 1 aliphatic rings. The van der Waals surface area contributed by atoms with E-state index in [1.165, 1.54) is 5.52 Å². The molecule has 20 heavy (non-hydrogen) atoms. The molecule has 1 saturated heterocycles. The van der Waals surface area contributed by atoms with Crippen LogP contribution in [0.4, 0.5) is 0 Å². The number of ether oxygens (including phenoxy) is 1. The molecule has 0 saturated carbocycles. The Morgan fingerprint density at radius 1 is 1.40 bits per heavy atom. The number of aromatic nitrogens is 2. The Morgan fingerprint density at radius 3 is 3.00 bits per heavy atom. The van der Waals surface area contributed by atoms with Crippen LogP contribution in [0.15, 0.2) is 24.3 Å². The number of fused-ring (bicyclic) bond motifs is 1. The van der Waals surface area contributed by atoms with E-state index in [0.717, 1.165) is 50.2 Å². The van der Waals surface area contributed by atoms with Gasteiger partial charge in [0.2, 0.25) is 0 Å². The number of nitrogens with zero attached hydrogens (tertiary/aromatic N) is 2. The van der Waals surface area contributed by atoms with E-state index < -0.39 is 0 Å². The van der Waals surface area contributed by atoms with Crippen molar-refractivity contribution in [3.05, 3.63) is 30.1 Å². The van der Waals surface area contributed by atoms with Gasteiger partial charge in [-0.15, -0.1) is 0 Å². The van der Waals surface area contributed by atoms with Crippen LogP contribution in [0, 0.1) is 0 Å². The van der Waals surface area contributed by atoms with Crippen LogP contribution in [-0.4, -0.2) is 28.3 Å². The summed E-state index contributed by atoms with van der Waals surface area (Å²) in [7, 11) is 0. The number of para-hydroxylation sites is 2. The highest BCUT2D eigenvalue weighted by atomic mass is 16.5. The Hall–Kier alpha value is -1.39. The standard InChI is InChI=1S/C16H23N3O/c1-2-9-19-14-7-4-3-6-13(14)18-15(19)11-16(17)8-5-10-20-12-16/h3-4,6-7H,2,5,8-12,17H2,1H3. The van der Waals surface area contributed by atoms with Crippen LogP contribution in [0.2, 0.25) is 0 Å². The van der Waals surface area contributed by atoms with E-state index in [0.29, 0.717) is 6.61 Å². The maximum Gasteiger partial charge on any atom is 0.111 e. The molecule has 2 N–H and O–H groups in total. The minimum Gasteiger partial charge on any atom is -0.380 e. The molecule has 1 fully saturated rings. The molecule has 0 bridgehead atoms. The van der Waals surface area contributed by atoms with Crippen molar-refractivity contribution >= 4 is 11.0 Å². The van der Waals surface area contributed by atoms with Crippen molar-refractivity contribution in [2.45, 2.75) is 44.7 Å². The zero-order valence-electron chi connectivity index (χ0n) is 12.1. The largest absolute Gasteiger partial charge is 0.380 e. The highest BCUT2D eigenvalue weighted by Crippen LogP contribution is 2.24. The van der Waals surface area contributed by atoms with Crippen LogP contribution >= 0.6 is 0 Å². The van der Waals surface area contributed by atoms with E-state index in [9.17, 15) is 0 Å². The first-order valence-electron chi connectivity index (χ1n) is 7.53. The van der Waals surface area contributed by atoms with Crippen LogP contribution in [0.1, 0.15) is 32.0 Å². The fourth-order valence-corrected chi connectivity index (χ4v) is 3.06. The number of benzene rings is 1. The van der Waals surface area contributed by atoms with E-state index in [1.54, 1.807) is 0 Å². The predicted octanol–water partition coefficient (Wildman–Crippen LogP) is 2.50. The first-order chi connectivity index (χ1) is 9.72. The molecule has 0 aliphatic carbocycles. The molecule has 108 valence electrons. The molecule has 1 aromatic carbocycles. The Labute approximate surface area is 119 Å². The van der Waals surface area contributed by atoms with Crippen molar-refractivity contribution in [3.63, 3.8) is 0 Å². The number of nitrogens with two attached hydrogens (primary N) is 1. The molecule has 1 aromatic heterocycles. The lowest BCUT2D eigenvalue weighted by molar-refractivity contribution is 0.0371. The van der Waals surface area contributed by atoms with Gasteiger partial charge in [-0.25, -0.2) is 4.98 Å². The van der Waals surface area contributed by atoms with E-state index in [2.05, 4.69) is 29.7 Å². The van der Waals surface area contributed by atoms with Gasteiger partial charge in [0, 0.05) is 25.1 Å². The first kappa shape index (κ1) is 13.6. The third kappa shape index (κ3) is 2.58. The van der Waals surface area contributed by atoms with Crippen molar-refractivity contribution in [3.8, 4) is 0 Å². The van der Waals surface area contributed by atoms with E-state index >= 15 is 0 Å². The summed E-state index contributed by atoms with van der Waals surface area (Å²) < 4.78 is 7.89. The van der Waals surface area contributed by atoms with Crippen LogP contribution in [0.25, 0.3) is 11.0 Å². The quantitative estimate of drug-likeness (QED) is 0.931. The molecule has 4 heteroatoms. The molecular formula is C16H23N3O. The van der Waals surface area contributed by atoms with Crippen LogP contribution in [-0.2, 0) is 17.7 Å². The lowest BCUT2D eigenvalue weighted by Crippen LogP contribution is -2.49. The second-order valence-electron chi connectivity index (χ2n) is 5.86. The predicted molar refractivity (Wildman–Crippen MR) is 80.7 cm³/mol. The van der Waals surface area contributed by atoms with Crippen LogP contribution in [0.5, 0.6) is 0 Å². The normalized spacial score (nSPS) is 23.3. The monoisotopic (exact) mass is 273 g/mol. The summed E-state index contributed by atoms with van der Waals surface area (Å²) in [5.74, 6) is 1.10. The Kier molecular flexibility index (Phi) is 3.76. The van der Waals surface area contributed by atoms with Gasteiger partial charge in [0.15, 0.2) is 0 Å². The SMILES string of the molecule is CCCn1c(CC2(N)CCCOC2)nc2ccccc21. The molecule has 4 nitrogen and oxygen atoms in total. The van der Waals surface area contributed by atoms with Gasteiger partial charge in [0.25, 0.3) is 0 Å². The molecular weight excluding hydrogens is 250 g/mol. The van der Waals surface area contributed by atoms with Crippen LogP contribution < -0.4 is 5.73 Å². The minimum absolute atomic E-state index is 0.259. The number of imidazole rings is 1. The zero-order valence-corrected chi connectivity index (χ0v) is 12.1. The van der Waals surface area contributed by atoms with Crippen molar-refractivity contribution in [2.75, 3.05) is 13.2 Å². The molecule has 0 radical (unpaired) electrons. The fourth-order valence-electron chi connectivity index (χ4n) is 3.06. The van der Waals surface area contributed by atoms with Crippen molar-refractivity contribution < 1.29 is 4.74 Å².